The molecule has 0 fully saturated rings. The molecule has 2 rings (SSSR count). The fourth-order valence-electron chi connectivity index (χ4n) is 2.26. The average Bonchev–Trinajstić information content (AvgIpc) is 2.74. The smallest absolute Gasteiger partial charge is 0.127 e. The van der Waals surface area contributed by atoms with Crippen LogP contribution in [0.1, 0.15) is 38.2 Å². The van der Waals surface area contributed by atoms with Crippen LogP contribution in [-0.2, 0) is 4.74 Å². The lowest BCUT2D eigenvalue weighted by molar-refractivity contribution is 0.186. The van der Waals surface area contributed by atoms with E-state index in [9.17, 15) is 0 Å². The van der Waals surface area contributed by atoms with Gasteiger partial charge in [-0.05, 0) is 38.5 Å². The van der Waals surface area contributed by atoms with Gasteiger partial charge in [0.2, 0.25) is 0 Å². The number of methoxy groups -OCH3 is 1. The van der Waals surface area contributed by atoms with Crippen LogP contribution in [0.2, 0.25) is 5.02 Å². The molecule has 0 radical (unpaired) electrons. The first-order valence-corrected chi connectivity index (χ1v) is 6.84. The fourth-order valence-corrected chi connectivity index (χ4v) is 2.43. The van der Waals surface area contributed by atoms with Crippen molar-refractivity contribution in [1.29, 1.82) is 0 Å². The first-order valence-electron chi connectivity index (χ1n) is 6.46. The zero-order valence-corrected chi connectivity index (χ0v) is 12.3. The van der Waals surface area contributed by atoms with Crippen molar-refractivity contribution in [3.05, 3.63) is 29.0 Å². The van der Waals surface area contributed by atoms with Gasteiger partial charge in [0, 0.05) is 24.8 Å². The highest BCUT2D eigenvalue weighted by atomic mass is 35.5. The van der Waals surface area contributed by atoms with Gasteiger partial charge in [0.1, 0.15) is 5.82 Å². The van der Waals surface area contributed by atoms with Crippen molar-refractivity contribution in [3.63, 3.8) is 0 Å². The van der Waals surface area contributed by atoms with E-state index in [1.54, 1.807) is 7.11 Å². The molecule has 0 aliphatic rings. The van der Waals surface area contributed by atoms with Gasteiger partial charge in [-0.1, -0.05) is 11.6 Å². The van der Waals surface area contributed by atoms with Gasteiger partial charge >= 0.3 is 0 Å². The molecule has 0 aliphatic heterocycles. The Morgan fingerprint density at radius 1 is 1.42 bits per heavy atom. The quantitative estimate of drug-likeness (QED) is 0.915. The van der Waals surface area contributed by atoms with Crippen molar-refractivity contribution in [3.8, 4) is 0 Å². The van der Waals surface area contributed by atoms with Crippen molar-refractivity contribution in [2.45, 2.75) is 32.4 Å². The third kappa shape index (κ3) is 2.91. The van der Waals surface area contributed by atoms with Crippen LogP contribution in [0.5, 0.6) is 0 Å². The maximum absolute atomic E-state index is 6.23. The minimum atomic E-state index is -0.131. The van der Waals surface area contributed by atoms with Crippen molar-refractivity contribution < 1.29 is 4.74 Å². The summed E-state index contributed by atoms with van der Waals surface area (Å²) in [5, 5.41) is 0.714. The number of hydrogen-bond acceptors (Lipinski definition) is 3. The summed E-state index contributed by atoms with van der Waals surface area (Å²) in [5.74, 6) is 0.893. The van der Waals surface area contributed by atoms with Crippen molar-refractivity contribution in [2.75, 3.05) is 13.7 Å². The van der Waals surface area contributed by atoms with Gasteiger partial charge in [-0.3, -0.25) is 0 Å². The summed E-state index contributed by atoms with van der Waals surface area (Å²) in [4.78, 5) is 4.65. The monoisotopic (exact) mass is 281 g/mol. The molecule has 4 nitrogen and oxygen atoms in total. The predicted molar refractivity (Wildman–Crippen MR) is 78.5 cm³/mol. The van der Waals surface area contributed by atoms with Gasteiger partial charge in [-0.15, -0.1) is 0 Å². The number of nitrogens with two attached hydrogens (primary N) is 1. The van der Waals surface area contributed by atoms with E-state index in [-0.39, 0.29) is 12.1 Å². The van der Waals surface area contributed by atoms with Crippen LogP contribution < -0.4 is 5.73 Å². The molecule has 1 heterocycles. The summed E-state index contributed by atoms with van der Waals surface area (Å²) >= 11 is 6.08. The maximum Gasteiger partial charge on any atom is 0.127 e. The number of fused-ring (bicyclic) bond motifs is 1. The molecule has 104 valence electrons. The molecule has 2 aromatic rings. The molecule has 1 aromatic carbocycles. The van der Waals surface area contributed by atoms with Crippen LogP contribution in [0.3, 0.4) is 0 Å². The Kier molecular flexibility index (Phi) is 4.45. The third-order valence-electron chi connectivity index (χ3n) is 3.16. The average molecular weight is 282 g/mol. The minimum absolute atomic E-state index is 0.131. The van der Waals surface area contributed by atoms with Crippen molar-refractivity contribution in [1.82, 2.24) is 9.55 Å². The standard InChI is InChI=1S/C14H20ClN3O/c1-9(2)18-13-8-10(15)4-5-12(13)17-14(18)11(16)6-7-19-3/h4-5,8-9,11H,6-7,16H2,1-3H3. The second kappa shape index (κ2) is 5.90. The van der Waals surface area contributed by atoms with Gasteiger partial charge in [-0.25, -0.2) is 4.98 Å². The number of imidazole rings is 1. The van der Waals surface area contributed by atoms with Crippen LogP contribution in [0.15, 0.2) is 18.2 Å². The molecule has 0 amide bonds. The minimum Gasteiger partial charge on any atom is -0.385 e. The van der Waals surface area contributed by atoms with E-state index >= 15 is 0 Å². The van der Waals surface area contributed by atoms with E-state index < -0.39 is 0 Å². The SMILES string of the molecule is COCCC(N)c1nc2ccc(Cl)cc2n1C(C)C. The molecule has 1 unspecified atom stereocenters. The van der Waals surface area contributed by atoms with Gasteiger partial charge in [0.25, 0.3) is 0 Å². The van der Waals surface area contributed by atoms with Crippen molar-refractivity contribution >= 4 is 22.6 Å². The third-order valence-corrected chi connectivity index (χ3v) is 3.39. The summed E-state index contributed by atoms with van der Waals surface area (Å²) in [6, 6.07) is 5.88. The second-order valence-corrected chi connectivity index (χ2v) is 5.39. The Morgan fingerprint density at radius 2 is 2.16 bits per heavy atom. The molecule has 5 heteroatoms. The molecule has 0 saturated carbocycles. The first kappa shape index (κ1) is 14.3. The van der Waals surface area contributed by atoms with E-state index in [4.69, 9.17) is 22.1 Å². The van der Waals surface area contributed by atoms with Gasteiger partial charge in [-0.2, -0.15) is 0 Å². The molecule has 0 saturated heterocycles. The molecule has 1 atom stereocenters. The Morgan fingerprint density at radius 3 is 2.79 bits per heavy atom. The fraction of sp³-hybridized carbons (Fsp3) is 0.500. The van der Waals surface area contributed by atoms with E-state index in [2.05, 4.69) is 23.4 Å². The van der Waals surface area contributed by atoms with Gasteiger partial charge in [0.15, 0.2) is 0 Å². The van der Waals surface area contributed by atoms with E-state index in [1.807, 2.05) is 18.2 Å². The summed E-state index contributed by atoms with van der Waals surface area (Å²) in [6.45, 7) is 4.87. The molecule has 0 bridgehead atoms. The highest BCUT2D eigenvalue weighted by Crippen LogP contribution is 2.27. The number of rotatable bonds is 5. The van der Waals surface area contributed by atoms with E-state index in [0.717, 1.165) is 23.3 Å². The zero-order chi connectivity index (χ0) is 14.0. The molecule has 0 spiro atoms. The molecular formula is C14H20ClN3O. The summed E-state index contributed by atoms with van der Waals surface area (Å²) in [6.07, 6.45) is 0.750. The lowest BCUT2D eigenvalue weighted by Gasteiger charge is -2.17. The molecule has 2 N–H and O–H groups in total. The molecule has 1 aromatic heterocycles. The molecular weight excluding hydrogens is 262 g/mol. The van der Waals surface area contributed by atoms with Gasteiger partial charge in [0.05, 0.1) is 17.1 Å². The maximum atomic E-state index is 6.23. The number of ether oxygens (including phenoxy) is 1. The van der Waals surface area contributed by atoms with Crippen molar-refractivity contribution in [2.24, 2.45) is 5.73 Å². The number of halogens is 1. The van der Waals surface area contributed by atoms with Crippen LogP contribution in [0, 0.1) is 0 Å². The Labute approximate surface area is 118 Å². The predicted octanol–water partition coefficient (Wildman–Crippen LogP) is 3.31. The normalized spacial score (nSPS) is 13.4. The van der Waals surface area contributed by atoms with E-state index in [0.29, 0.717) is 11.6 Å². The zero-order valence-electron chi connectivity index (χ0n) is 11.6. The summed E-state index contributed by atoms with van der Waals surface area (Å²) < 4.78 is 7.24. The lowest BCUT2D eigenvalue weighted by atomic mass is 10.2. The summed E-state index contributed by atoms with van der Waals surface area (Å²) in [7, 11) is 1.68. The van der Waals surface area contributed by atoms with E-state index in [1.165, 1.54) is 0 Å². The molecule has 19 heavy (non-hydrogen) atoms. The number of hydrogen-bond donors (Lipinski definition) is 1. The summed E-state index contributed by atoms with van der Waals surface area (Å²) in [5.41, 5.74) is 8.19. The van der Waals surface area contributed by atoms with Gasteiger partial charge < -0.3 is 15.0 Å². The number of aromatic nitrogens is 2. The number of benzene rings is 1. The largest absolute Gasteiger partial charge is 0.385 e. The number of nitrogens with zero attached hydrogens (tertiary/aromatic N) is 2. The Balaban J connectivity index is 2.50. The van der Waals surface area contributed by atoms with Crippen LogP contribution in [-0.4, -0.2) is 23.3 Å². The highest BCUT2D eigenvalue weighted by Gasteiger charge is 2.18. The topological polar surface area (TPSA) is 53.1 Å². The molecule has 0 aliphatic carbocycles. The van der Waals surface area contributed by atoms with Crippen LogP contribution in [0.4, 0.5) is 0 Å². The second-order valence-electron chi connectivity index (χ2n) is 4.95. The lowest BCUT2D eigenvalue weighted by Crippen LogP contribution is -2.19. The Hall–Kier alpha value is -1.10. The first-order chi connectivity index (χ1) is 9.04. The van der Waals surface area contributed by atoms with Crippen LogP contribution >= 0.6 is 11.6 Å². The highest BCUT2D eigenvalue weighted by molar-refractivity contribution is 6.31. The van der Waals surface area contributed by atoms with Crippen LogP contribution in [0.25, 0.3) is 11.0 Å². The Bertz CT molecular complexity index is 565.